The first kappa shape index (κ1) is 19.8. The number of carbonyl (C=O) groups is 1. The summed E-state index contributed by atoms with van der Waals surface area (Å²) in [4.78, 5) is 18.1. The van der Waals surface area contributed by atoms with Gasteiger partial charge in [-0.3, -0.25) is 4.90 Å². The van der Waals surface area contributed by atoms with E-state index < -0.39 is 12.4 Å². The van der Waals surface area contributed by atoms with Gasteiger partial charge in [-0.05, 0) is 42.5 Å². The Balaban J connectivity index is 1.40. The Labute approximate surface area is 173 Å². The third kappa shape index (κ3) is 4.40. The predicted molar refractivity (Wildman–Crippen MR) is 109 cm³/mol. The highest BCUT2D eigenvalue weighted by Crippen LogP contribution is 2.37. The first-order valence-electron chi connectivity index (χ1n) is 8.74. The highest BCUT2D eigenvalue weighted by molar-refractivity contribution is 7.07. The zero-order valence-electron chi connectivity index (χ0n) is 15.5. The van der Waals surface area contributed by atoms with Crippen LogP contribution in [0.2, 0.25) is 0 Å². The monoisotopic (exact) mass is 435 g/mol. The molecule has 156 valence electrons. The zero-order valence-corrected chi connectivity index (χ0v) is 16.3. The molecule has 3 aromatic rings. The van der Waals surface area contributed by atoms with Gasteiger partial charge in [0.2, 0.25) is 0 Å². The SMILES string of the molecule is CN(C(=O)Nc1ccc2c(c1)NC(c1cscn1)N2)c1ccc(OC(F)(F)F)cc1. The molecule has 1 aliphatic heterocycles. The lowest BCUT2D eigenvalue weighted by molar-refractivity contribution is -0.274. The summed E-state index contributed by atoms with van der Waals surface area (Å²) in [6, 6.07) is 9.98. The van der Waals surface area contributed by atoms with Crippen LogP contribution in [-0.2, 0) is 0 Å². The second kappa shape index (κ2) is 7.75. The summed E-state index contributed by atoms with van der Waals surface area (Å²) >= 11 is 1.50. The molecule has 30 heavy (non-hydrogen) atoms. The van der Waals surface area contributed by atoms with Gasteiger partial charge in [0, 0.05) is 23.8 Å². The maximum Gasteiger partial charge on any atom is 0.573 e. The summed E-state index contributed by atoms with van der Waals surface area (Å²) in [5.74, 6) is -0.355. The molecule has 0 aliphatic carbocycles. The molecule has 11 heteroatoms. The number of hydrogen-bond acceptors (Lipinski definition) is 6. The molecule has 1 unspecified atom stereocenters. The van der Waals surface area contributed by atoms with Crippen molar-refractivity contribution in [3.05, 3.63) is 59.0 Å². The lowest BCUT2D eigenvalue weighted by Gasteiger charge is -2.19. The average molecular weight is 435 g/mol. The fourth-order valence-electron chi connectivity index (χ4n) is 2.92. The van der Waals surface area contributed by atoms with Crippen LogP contribution in [0.4, 0.5) is 40.7 Å². The first-order chi connectivity index (χ1) is 14.3. The first-order valence-corrected chi connectivity index (χ1v) is 9.68. The fraction of sp³-hybridized carbons (Fsp3) is 0.158. The van der Waals surface area contributed by atoms with Crippen molar-refractivity contribution in [3.63, 3.8) is 0 Å². The van der Waals surface area contributed by atoms with Gasteiger partial charge in [0.1, 0.15) is 11.9 Å². The van der Waals surface area contributed by atoms with E-state index in [-0.39, 0.29) is 11.9 Å². The van der Waals surface area contributed by atoms with E-state index in [2.05, 4.69) is 25.7 Å². The summed E-state index contributed by atoms with van der Waals surface area (Å²) in [6.07, 6.45) is -4.91. The van der Waals surface area contributed by atoms with E-state index in [1.54, 1.807) is 17.6 Å². The lowest BCUT2D eigenvalue weighted by Crippen LogP contribution is -2.31. The normalized spacial score (nSPS) is 15.0. The van der Waals surface area contributed by atoms with Crippen molar-refractivity contribution in [2.45, 2.75) is 12.5 Å². The molecule has 7 nitrogen and oxygen atoms in total. The molecule has 1 aliphatic rings. The van der Waals surface area contributed by atoms with E-state index >= 15 is 0 Å². The average Bonchev–Trinajstić information content (AvgIpc) is 3.36. The Kier molecular flexibility index (Phi) is 5.12. The van der Waals surface area contributed by atoms with Gasteiger partial charge in [-0.15, -0.1) is 24.5 Å². The van der Waals surface area contributed by atoms with E-state index in [9.17, 15) is 18.0 Å². The summed E-state index contributed by atoms with van der Waals surface area (Å²) in [5, 5.41) is 11.3. The topological polar surface area (TPSA) is 78.5 Å². The minimum atomic E-state index is -4.76. The second-order valence-corrected chi connectivity index (χ2v) is 7.14. The number of urea groups is 1. The van der Waals surface area contributed by atoms with Crippen LogP contribution >= 0.6 is 11.3 Å². The summed E-state index contributed by atoms with van der Waals surface area (Å²) in [7, 11) is 1.51. The highest BCUT2D eigenvalue weighted by atomic mass is 32.1. The van der Waals surface area contributed by atoms with Gasteiger partial charge in [0.25, 0.3) is 0 Å². The molecule has 3 N–H and O–H groups in total. The van der Waals surface area contributed by atoms with Crippen LogP contribution in [0.15, 0.2) is 53.4 Å². The number of anilines is 4. The highest BCUT2D eigenvalue weighted by Gasteiger charge is 2.31. The molecule has 2 amide bonds. The van der Waals surface area contributed by atoms with Crippen molar-refractivity contribution < 1.29 is 22.7 Å². The van der Waals surface area contributed by atoms with Crippen LogP contribution in [0.25, 0.3) is 0 Å². The minimum Gasteiger partial charge on any atom is -0.406 e. The van der Waals surface area contributed by atoms with Gasteiger partial charge in [0.15, 0.2) is 0 Å². The molecule has 0 bridgehead atoms. The summed E-state index contributed by atoms with van der Waals surface area (Å²) in [6.45, 7) is 0. The Morgan fingerprint density at radius 3 is 2.57 bits per heavy atom. The molecule has 2 heterocycles. The number of thiazole rings is 1. The standard InChI is InChI=1S/C19H16F3N5O2S/c1-27(12-3-5-13(6-4-12)29-19(20,21)22)18(28)24-11-2-7-14-15(8-11)26-17(25-14)16-9-30-10-23-16/h2-10,17,25-26H,1H3,(H,24,28). The van der Waals surface area contributed by atoms with Gasteiger partial charge in [-0.2, -0.15) is 0 Å². The molecule has 0 fully saturated rings. The van der Waals surface area contributed by atoms with E-state index in [0.29, 0.717) is 11.4 Å². The van der Waals surface area contributed by atoms with E-state index in [4.69, 9.17) is 0 Å². The minimum absolute atomic E-state index is 0.141. The number of ether oxygens (including phenoxy) is 1. The second-order valence-electron chi connectivity index (χ2n) is 6.43. The van der Waals surface area contributed by atoms with Gasteiger partial charge in [0.05, 0.1) is 22.6 Å². The molecule has 0 saturated carbocycles. The number of amides is 2. The van der Waals surface area contributed by atoms with Crippen LogP contribution in [0.5, 0.6) is 5.75 Å². The Morgan fingerprint density at radius 2 is 1.90 bits per heavy atom. The smallest absolute Gasteiger partial charge is 0.406 e. The molecule has 0 radical (unpaired) electrons. The summed E-state index contributed by atoms with van der Waals surface area (Å²) < 4.78 is 40.6. The quantitative estimate of drug-likeness (QED) is 0.522. The Bertz CT molecular complexity index is 1040. The molecule has 1 aromatic heterocycles. The molecule has 1 atom stereocenters. The van der Waals surface area contributed by atoms with Crippen molar-refractivity contribution in [2.24, 2.45) is 0 Å². The number of benzene rings is 2. The molecular formula is C19H16F3N5O2S. The fourth-order valence-corrected chi connectivity index (χ4v) is 3.50. The number of alkyl halides is 3. The number of halogens is 3. The van der Waals surface area contributed by atoms with E-state index in [1.165, 1.54) is 35.4 Å². The van der Waals surface area contributed by atoms with Crippen LogP contribution in [0.3, 0.4) is 0 Å². The van der Waals surface area contributed by atoms with Gasteiger partial charge < -0.3 is 20.7 Å². The van der Waals surface area contributed by atoms with Crippen LogP contribution in [0.1, 0.15) is 11.9 Å². The van der Waals surface area contributed by atoms with Gasteiger partial charge >= 0.3 is 12.4 Å². The third-order valence-corrected chi connectivity index (χ3v) is 4.98. The molecule has 4 rings (SSSR count). The van der Waals surface area contributed by atoms with Crippen LogP contribution < -0.4 is 25.6 Å². The van der Waals surface area contributed by atoms with Crippen molar-refractivity contribution in [1.29, 1.82) is 0 Å². The number of carbonyl (C=O) groups excluding carboxylic acids is 1. The van der Waals surface area contributed by atoms with Crippen LogP contribution in [-0.4, -0.2) is 24.4 Å². The van der Waals surface area contributed by atoms with Crippen LogP contribution in [0, 0.1) is 0 Å². The zero-order chi connectivity index (χ0) is 21.3. The maximum atomic E-state index is 12.5. The number of fused-ring (bicyclic) bond motifs is 1. The molecule has 0 saturated heterocycles. The maximum absolute atomic E-state index is 12.5. The largest absolute Gasteiger partial charge is 0.573 e. The molecule has 0 spiro atoms. The van der Waals surface area contributed by atoms with Crippen molar-refractivity contribution >= 4 is 40.1 Å². The number of nitrogens with one attached hydrogen (secondary N) is 3. The van der Waals surface area contributed by atoms with Gasteiger partial charge in [-0.1, -0.05) is 0 Å². The number of nitrogens with zero attached hydrogens (tertiary/aromatic N) is 2. The Hall–Kier alpha value is -3.47. The van der Waals surface area contributed by atoms with Gasteiger partial charge in [-0.25, -0.2) is 9.78 Å². The number of rotatable bonds is 4. The molecular weight excluding hydrogens is 419 g/mol. The third-order valence-electron chi connectivity index (χ3n) is 4.38. The van der Waals surface area contributed by atoms with Crippen molar-refractivity contribution in [2.75, 3.05) is 27.9 Å². The number of aromatic nitrogens is 1. The number of hydrogen-bond donors (Lipinski definition) is 3. The lowest BCUT2D eigenvalue weighted by atomic mass is 10.2. The summed E-state index contributed by atoms with van der Waals surface area (Å²) in [5.41, 5.74) is 5.31. The van der Waals surface area contributed by atoms with E-state index in [0.717, 1.165) is 29.2 Å². The molecule has 2 aromatic carbocycles. The predicted octanol–water partition coefficient (Wildman–Crippen LogP) is 5.25. The van der Waals surface area contributed by atoms with E-state index in [1.807, 2.05) is 11.4 Å². The van der Waals surface area contributed by atoms with Crippen molar-refractivity contribution in [1.82, 2.24) is 4.98 Å². The Morgan fingerprint density at radius 1 is 1.17 bits per heavy atom. The van der Waals surface area contributed by atoms with Crippen molar-refractivity contribution in [3.8, 4) is 5.75 Å².